The number of rotatable bonds is 2. The van der Waals surface area contributed by atoms with Gasteiger partial charge in [-0.2, -0.15) is 0 Å². The maximum atomic E-state index is 9.24. The molecule has 11 heavy (non-hydrogen) atoms. The Balaban J connectivity index is -0.000000140. The van der Waals surface area contributed by atoms with Crippen LogP contribution in [-0.4, -0.2) is 11.2 Å². The summed E-state index contributed by atoms with van der Waals surface area (Å²) in [6.07, 6.45) is 0. The molecule has 0 amide bonds. The van der Waals surface area contributed by atoms with Crippen molar-refractivity contribution in [2.75, 3.05) is 6.07 Å². The van der Waals surface area contributed by atoms with Crippen LogP contribution >= 0.6 is 28.1 Å². The molecule has 0 heterocycles. The Hall–Kier alpha value is 1.02. The summed E-state index contributed by atoms with van der Waals surface area (Å²) in [5, 5.41) is 7.33. The van der Waals surface area contributed by atoms with Crippen LogP contribution in [0, 0.1) is 0 Å². The maximum Gasteiger partial charge on any atom is 2.00 e. The van der Waals surface area contributed by atoms with E-state index in [1.54, 1.807) is 0 Å². The van der Waals surface area contributed by atoms with Crippen molar-refractivity contribution in [1.29, 1.82) is 0 Å². The van der Waals surface area contributed by atoms with Crippen LogP contribution in [0.1, 0.15) is 0 Å². The Kier molecular flexibility index (Phi) is 22.2. The molecule has 0 bridgehead atoms. The van der Waals surface area contributed by atoms with E-state index in [0.717, 1.165) is 0 Å². The van der Waals surface area contributed by atoms with Gasteiger partial charge in [-0.05, 0) is 9.13 Å². The van der Waals surface area contributed by atoms with Gasteiger partial charge in [-0.1, -0.05) is 11.6 Å². The second kappa shape index (κ2) is 13.6. The van der Waals surface area contributed by atoms with Crippen LogP contribution in [0.5, 0.6) is 0 Å². The van der Waals surface area contributed by atoms with Gasteiger partial charge in [0.1, 0.15) is 10.4 Å². The average molecular weight is 404 g/mol. The summed E-state index contributed by atoms with van der Waals surface area (Å²) < 4.78 is 21.6. The van der Waals surface area contributed by atoms with Gasteiger partial charge < -0.3 is 14.9 Å². The van der Waals surface area contributed by atoms with Gasteiger partial charge in [0, 0.05) is 0 Å². The molecule has 0 fully saturated rings. The molecule has 0 aromatic carbocycles. The van der Waals surface area contributed by atoms with E-state index in [4.69, 9.17) is 5.11 Å². The smallest absolute Gasteiger partial charge is 0.563 e. The van der Waals surface area contributed by atoms with Gasteiger partial charge in [-0.3, -0.25) is 0 Å². The van der Waals surface area contributed by atoms with Gasteiger partial charge in [-0.25, -0.2) is 0 Å². The minimum atomic E-state index is -3.24. The van der Waals surface area contributed by atoms with Crippen molar-refractivity contribution in [3.05, 3.63) is 0 Å². The first-order valence-corrected chi connectivity index (χ1v) is 4.40. The number of hydrogen-bond donors (Lipinski definition) is 1. The van der Waals surface area contributed by atoms with Crippen molar-refractivity contribution < 1.29 is 49.4 Å². The van der Waals surface area contributed by atoms with Crippen molar-refractivity contribution in [2.45, 2.75) is 0 Å². The monoisotopic (exact) mass is 403 g/mol. The zero-order valence-electron chi connectivity index (χ0n) is 4.78. The normalized spacial score (nSPS) is 10.2. The van der Waals surface area contributed by atoms with Gasteiger partial charge in [-0.15, -0.1) is 0 Å². The van der Waals surface area contributed by atoms with Gasteiger partial charge >= 0.3 is 37.6 Å². The van der Waals surface area contributed by atoms with Crippen molar-refractivity contribution >= 4 is 28.1 Å². The molecule has 0 aliphatic heterocycles. The Morgan fingerprint density at radius 3 is 1.55 bits per heavy atom. The van der Waals surface area contributed by atoms with Crippen LogP contribution in [-0.2, 0) is 34.5 Å². The van der Waals surface area contributed by atoms with Crippen molar-refractivity contribution in [2.24, 2.45) is 0 Å². The first-order chi connectivity index (χ1) is 4.54. The van der Waals surface area contributed by atoms with E-state index < -0.39 is 16.5 Å². The predicted molar refractivity (Wildman–Crippen MR) is 29.2 cm³/mol. The summed E-state index contributed by atoms with van der Waals surface area (Å²) in [4.78, 5) is 18.5. The fourth-order valence-electron chi connectivity index (χ4n) is 0.0544. The maximum absolute atomic E-state index is 9.24. The molecule has 0 rings (SSSR count). The molecule has 2 atom stereocenters. The summed E-state index contributed by atoms with van der Waals surface area (Å²) >= 11 is 4.55. The molecule has 0 aliphatic rings. The van der Waals surface area contributed by atoms with Gasteiger partial charge in [0.05, 0.1) is 0 Å². The zero-order valence-corrected chi connectivity index (χ0v) is 9.60. The van der Waals surface area contributed by atoms with E-state index in [9.17, 15) is 18.9 Å². The Labute approximate surface area is 83.7 Å². The third kappa shape index (κ3) is 35.6. The number of hydrogen-bond acceptors (Lipinski definition) is 6. The van der Waals surface area contributed by atoms with Gasteiger partial charge in [0.25, 0.3) is 0 Å². The zero-order chi connectivity index (χ0) is 8.57. The second-order valence-electron chi connectivity index (χ2n) is 0.648. The summed E-state index contributed by atoms with van der Waals surface area (Å²) in [7, 11) is -6.47. The van der Waals surface area contributed by atoms with Crippen LogP contribution in [0.15, 0.2) is 0 Å². The van der Waals surface area contributed by atoms with Gasteiger partial charge in [0.15, 0.2) is 0 Å². The first kappa shape index (κ1) is 17.9. The molecule has 0 aromatic heterocycles. The Morgan fingerprint density at radius 2 is 1.55 bits per heavy atom. The van der Waals surface area contributed by atoms with E-state index in [1.807, 2.05) is 0 Å². The molecular weight excluding hydrogens is 400 g/mol. The molecule has 0 aliphatic carbocycles. The Morgan fingerprint density at radius 1 is 1.36 bits per heavy atom. The molecule has 1 N–H and O–H groups in total. The molecule has 0 aromatic rings. The predicted octanol–water partition coefficient (Wildman–Crippen LogP) is -0.789. The van der Waals surface area contributed by atoms with Gasteiger partial charge in [0.2, 0.25) is 0 Å². The molecule has 0 radical (unpaired) electrons. The molecule has 2 unspecified atom stereocenters. The topological polar surface area (TPSA) is 110 Å². The molecule has 0 spiro atoms. The largest absolute Gasteiger partial charge is 2.00 e. The summed E-state index contributed by atoms with van der Waals surface area (Å²) in [5.41, 5.74) is 0. The molecule has 0 saturated heterocycles. The van der Waals surface area contributed by atoms with E-state index in [2.05, 4.69) is 15.9 Å². The summed E-state index contributed by atoms with van der Waals surface area (Å²) in [6, 6.07) is -0.278. The van der Waals surface area contributed by atoms with E-state index in [-0.39, 0.29) is 27.1 Å². The van der Waals surface area contributed by atoms with E-state index >= 15 is 0 Å². The minimum absolute atomic E-state index is 0. The molecule has 6 nitrogen and oxygen atoms in total. The van der Waals surface area contributed by atoms with Crippen molar-refractivity contribution in [3.63, 3.8) is 0 Å². The quantitative estimate of drug-likeness (QED) is 0.478. The van der Waals surface area contributed by atoms with Crippen molar-refractivity contribution in [1.82, 2.24) is 0 Å². The minimum Gasteiger partial charge on any atom is -0.563 e. The van der Waals surface area contributed by atoms with Crippen LogP contribution in [0.2, 0.25) is 0 Å². The Bertz CT molecular complexity index is 107. The average Bonchev–Trinajstić information content (AvgIpc) is 1.62. The van der Waals surface area contributed by atoms with Crippen LogP contribution in [0.3, 0.4) is 0 Å². The second-order valence-corrected chi connectivity index (χ2v) is 2.44. The molecular formula is CH3ClO6P2Pt+2. The van der Waals surface area contributed by atoms with Crippen LogP contribution < -0.4 is 9.79 Å². The number of aliphatic hydroxyl groups excluding tert-OH is 1. The fraction of sp³-hybridized carbons (Fsp3) is 1.00. The van der Waals surface area contributed by atoms with Crippen LogP contribution in [0.25, 0.3) is 0 Å². The van der Waals surface area contributed by atoms with E-state index in [1.165, 1.54) is 0 Å². The summed E-state index contributed by atoms with van der Waals surface area (Å²) in [6.45, 7) is 0. The van der Waals surface area contributed by atoms with Crippen molar-refractivity contribution in [3.8, 4) is 0 Å². The van der Waals surface area contributed by atoms with Crippen LogP contribution in [0.4, 0.5) is 0 Å². The SMILES string of the molecule is O=[P+]([O-])O[P+](=O)[O-].OCCl.[Pt+2]. The third-order valence-corrected chi connectivity index (χ3v) is 1.20. The molecule has 10 heteroatoms. The first-order valence-electron chi connectivity index (χ1n) is 1.68. The number of aliphatic hydroxyl groups is 1. The fourth-order valence-corrected chi connectivity index (χ4v) is 0.490. The molecule has 68 valence electrons. The molecule has 0 saturated carbocycles. The summed E-state index contributed by atoms with van der Waals surface area (Å²) in [5.74, 6) is 0. The standard InChI is InChI=1S/CH3ClO.O5P2.Pt/c2-1-3;1-6(2)5-7(3)4;/h3H,1H2;;/q;;+2. The number of halogens is 1. The number of alkyl halides is 1. The van der Waals surface area contributed by atoms with E-state index in [0.29, 0.717) is 0 Å². The third-order valence-electron chi connectivity index (χ3n) is 0.133.